The summed E-state index contributed by atoms with van der Waals surface area (Å²) in [5.74, 6) is 1.63. The zero-order valence-corrected chi connectivity index (χ0v) is 14.1. The van der Waals surface area contributed by atoms with Crippen LogP contribution in [0.15, 0.2) is 28.7 Å². The van der Waals surface area contributed by atoms with Crippen molar-refractivity contribution in [1.82, 2.24) is 9.78 Å². The summed E-state index contributed by atoms with van der Waals surface area (Å²) < 4.78 is 2.88. The van der Waals surface area contributed by atoms with Gasteiger partial charge < -0.3 is 5.73 Å². The number of nitrogen functional groups attached to an aromatic ring is 1. The normalized spacial score (nSPS) is 15.7. The lowest BCUT2D eigenvalue weighted by Gasteiger charge is -2.09. The molecule has 112 valence electrons. The highest BCUT2D eigenvalue weighted by Gasteiger charge is 2.20. The molecule has 3 rings (SSSR count). The van der Waals surface area contributed by atoms with Crippen molar-refractivity contribution in [2.75, 3.05) is 5.73 Å². The summed E-state index contributed by atoms with van der Waals surface area (Å²) >= 11 is 3.64. The molecule has 1 aliphatic rings. The number of nitrogens with zero attached hydrogens (tertiary/aromatic N) is 2. The Kier molecular flexibility index (Phi) is 4.34. The average molecular weight is 348 g/mol. The molecule has 4 heteroatoms. The van der Waals surface area contributed by atoms with Gasteiger partial charge in [0.05, 0.1) is 5.69 Å². The van der Waals surface area contributed by atoms with Crippen molar-refractivity contribution in [2.45, 2.75) is 38.5 Å². The van der Waals surface area contributed by atoms with Crippen LogP contribution < -0.4 is 5.73 Å². The van der Waals surface area contributed by atoms with Crippen LogP contribution in [0.25, 0.3) is 11.1 Å². The first kappa shape index (κ1) is 14.6. The summed E-state index contributed by atoms with van der Waals surface area (Å²) in [4.78, 5) is 0. The summed E-state index contributed by atoms with van der Waals surface area (Å²) in [6, 6.07) is 8.24. The van der Waals surface area contributed by atoms with Gasteiger partial charge >= 0.3 is 0 Å². The van der Waals surface area contributed by atoms with Crippen molar-refractivity contribution in [3.05, 3.63) is 34.4 Å². The zero-order valence-electron chi connectivity index (χ0n) is 12.5. The molecule has 0 saturated heterocycles. The van der Waals surface area contributed by atoms with Gasteiger partial charge in [-0.2, -0.15) is 5.10 Å². The van der Waals surface area contributed by atoms with E-state index < -0.39 is 0 Å². The summed E-state index contributed by atoms with van der Waals surface area (Å²) in [5, 5.41) is 4.66. The van der Waals surface area contributed by atoms with E-state index in [1.54, 1.807) is 4.68 Å². The van der Waals surface area contributed by atoms with E-state index in [2.05, 4.69) is 33.2 Å². The molecule has 0 atom stereocenters. The Morgan fingerprint density at radius 1 is 1.29 bits per heavy atom. The molecular formula is C17H22BrN3. The first-order valence-electron chi connectivity index (χ1n) is 7.73. The van der Waals surface area contributed by atoms with Gasteiger partial charge in [-0.05, 0) is 24.8 Å². The van der Waals surface area contributed by atoms with Gasteiger partial charge in [0.2, 0.25) is 0 Å². The largest absolute Gasteiger partial charge is 0.383 e. The second-order valence-electron chi connectivity index (χ2n) is 6.00. The van der Waals surface area contributed by atoms with E-state index in [0.717, 1.165) is 39.5 Å². The van der Waals surface area contributed by atoms with Gasteiger partial charge in [0.1, 0.15) is 5.82 Å². The fourth-order valence-electron chi connectivity index (χ4n) is 3.37. The molecule has 1 fully saturated rings. The standard InChI is InChI=1S/C17H22BrN3/c1-21-17(19)16(13-8-4-5-9-14(13)18)15(20-21)11-10-12-6-2-3-7-12/h4-5,8-9,12H,2-3,6-7,10-11,19H2,1H3. The maximum atomic E-state index is 6.27. The highest BCUT2D eigenvalue weighted by atomic mass is 79.9. The highest BCUT2D eigenvalue weighted by Crippen LogP contribution is 2.36. The van der Waals surface area contributed by atoms with E-state index in [-0.39, 0.29) is 0 Å². The van der Waals surface area contributed by atoms with Crippen LogP contribution in [-0.2, 0) is 13.5 Å². The summed E-state index contributed by atoms with van der Waals surface area (Å²) in [6.45, 7) is 0. The molecule has 3 nitrogen and oxygen atoms in total. The van der Waals surface area contributed by atoms with Crippen LogP contribution in [0.2, 0.25) is 0 Å². The third-order valence-corrected chi connectivity index (χ3v) is 5.26. The van der Waals surface area contributed by atoms with E-state index in [1.807, 2.05) is 19.2 Å². The fraction of sp³-hybridized carbons (Fsp3) is 0.471. The molecule has 0 bridgehead atoms. The van der Waals surface area contributed by atoms with Crippen molar-refractivity contribution in [3.63, 3.8) is 0 Å². The topological polar surface area (TPSA) is 43.8 Å². The molecule has 0 amide bonds. The predicted octanol–water partition coefficient (Wildman–Crippen LogP) is 4.55. The van der Waals surface area contributed by atoms with E-state index in [4.69, 9.17) is 5.73 Å². The third-order valence-electron chi connectivity index (χ3n) is 4.57. The zero-order chi connectivity index (χ0) is 14.8. The molecule has 0 aliphatic heterocycles. The molecule has 0 radical (unpaired) electrons. The fourth-order valence-corrected chi connectivity index (χ4v) is 3.85. The first-order valence-corrected chi connectivity index (χ1v) is 8.52. The van der Waals surface area contributed by atoms with Crippen molar-refractivity contribution in [1.29, 1.82) is 0 Å². The van der Waals surface area contributed by atoms with Crippen molar-refractivity contribution < 1.29 is 0 Å². The minimum atomic E-state index is 0.753. The lowest BCUT2D eigenvalue weighted by molar-refractivity contribution is 0.499. The van der Waals surface area contributed by atoms with E-state index in [0.29, 0.717) is 0 Å². The highest BCUT2D eigenvalue weighted by molar-refractivity contribution is 9.10. The number of benzene rings is 1. The third kappa shape index (κ3) is 3.00. The van der Waals surface area contributed by atoms with Crippen molar-refractivity contribution >= 4 is 21.7 Å². The van der Waals surface area contributed by atoms with Crippen LogP contribution in [0.5, 0.6) is 0 Å². The number of hydrogen-bond donors (Lipinski definition) is 1. The number of hydrogen-bond acceptors (Lipinski definition) is 2. The number of aromatic nitrogens is 2. The molecule has 0 unspecified atom stereocenters. The summed E-state index contributed by atoms with van der Waals surface area (Å²) in [6.07, 6.45) is 7.80. The van der Waals surface area contributed by atoms with Gasteiger partial charge in [0, 0.05) is 22.6 Å². The smallest absolute Gasteiger partial charge is 0.129 e. The Balaban J connectivity index is 1.90. The Bertz CT molecular complexity index is 627. The minimum Gasteiger partial charge on any atom is -0.383 e. The quantitative estimate of drug-likeness (QED) is 0.881. The molecule has 1 aromatic heterocycles. The minimum absolute atomic E-state index is 0.753. The Morgan fingerprint density at radius 2 is 2.00 bits per heavy atom. The van der Waals surface area contributed by atoms with Crippen molar-refractivity contribution in [3.8, 4) is 11.1 Å². The number of nitrogens with two attached hydrogens (primary N) is 1. The SMILES string of the molecule is Cn1nc(CCC2CCCC2)c(-c2ccccc2Br)c1N. The van der Waals surface area contributed by atoms with Gasteiger partial charge in [0.25, 0.3) is 0 Å². The Morgan fingerprint density at radius 3 is 2.71 bits per heavy atom. The average Bonchev–Trinajstić information content (AvgIpc) is 3.08. The summed E-state index contributed by atoms with van der Waals surface area (Å²) in [7, 11) is 1.93. The van der Waals surface area contributed by atoms with Gasteiger partial charge in [-0.25, -0.2) is 0 Å². The molecule has 1 aliphatic carbocycles. The van der Waals surface area contributed by atoms with E-state index in [1.165, 1.54) is 32.1 Å². The lowest BCUT2D eigenvalue weighted by Crippen LogP contribution is -1.99. The second-order valence-corrected chi connectivity index (χ2v) is 6.85. The van der Waals surface area contributed by atoms with Crippen LogP contribution in [-0.4, -0.2) is 9.78 Å². The van der Waals surface area contributed by atoms with Gasteiger partial charge in [-0.15, -0.1) is 0 Å². The van der Waals surface area contributed by atoms with Crippen LogP contribution in [0.3, 0.4) is 0 Å². The van der Waals surface area contributed by atoms with Crippen LogP contribution in [0.1, 0.15) is 37.8 Å². The maximum Gasteiger partial charge on any atom is 0.129 e. The number of halogens is 1. The Hall–Kier alpha value is -1.29. The van der Waals surface area contributed by atoms with Crippen LogP contribution in [0.4, 0.5) is 5.82 Å². The molecule has 1 aromatic carbocycles. The number of rotatable bonds is 4. The lowest BCUT2D eigenvalue weighted by atomic mass is 9.97. The molecule has 21 heavy (non-hydrogen) atoms. The van der Waals surface area contributed by atoms with Crippen LogP contribution in [0, 0.1) is 5.92 Å². The molecule has 2 aromatic rings. The summed E-state index contributed by atoms with van der Waals surface area (Å²) in [5.41, 5.74) is 9.64. The van der Waals surface area contributed by atoms with Gasteiger partial charge in [-0.1, -0.05) is 59.8 Å². The number of anilines is 1. The monoisotopic (exact) mass is 347 g/mol. The molecule has 0 spiro atoms. The maximum absolute atomic E-state index is 6.27. The van der Waals surface area contributed by atoms with E-state index in [9.17, 15) is 0 Å². The van der Waals surface area contributed by atoms with Crippen molar-refractivity contribution in [2.24, 2.45) is 13.0 Å². The predicted molar refractivity (Wildman–Crippen MR) is 91.0 cm³/mol. The number of aryl methyl sites for hydroxylation is 2. The first-order chi connectivity index (χ1) is 10.2. The molecule has 2 N–H and O–H groups in total. The van der Waals surface area contributed by atoms with Crippen LogP contribution >= 0.6 is 15.9 Å². The van der Waals surface area contributed by atoms with Gasteiger partial charge in [0.15, 0.2) is 0 Å². The molecular weight excluding hydrogens is 326 g/mol. The van der Waals surface area contributed by atoms with Gasteiger partial charge in [-0.3, -0.25) is 4.68 Å². The molecule has 1 saturated carbocycles. The Labute approximate surface area is 134 Å². The van der Waals surface area contributed by atoms with E-state index >= 15 is 0 Å². The second kappa shape index (κ2) is 6.22. The molecule has 1 heterocycles.